The summed E-state index contributed by atoms with van der Waals surface area (Å²) in [5.41, 5.74) is 0.931. The van der Waals surface area contributed by atoms with Crippen LogP contribution in [0.2, 0.25) is 0 Å². The fraction of sp³-hybridized carbons (Fsp3) is 0.263. The fourth-order valence-electron chi connectivity index (χ4n) is 3.12. The van der Waals surface area contributed by atoms with Crippen LogP contribution >= 0.6 is 11.5 Å². The Morgan fingerprint density at radius 1 is 1.00 bits per heavy atom. The van der Waals surface area contributed by atoms with Crippen molar-refractivity contribution in [3.8, 4) is 5.75 Å². The van der Waals surface area contributed by atoms with Gasteiger partial charge < -0.3 is 10.0 Å². The lowest BCUT2D eigenvalue weighted by Crippen LogP contribution is -2.48. The van der Waals surface area contributed by atoms with Crippen molar-refractivity contribution in [2.24, 2.45) is 0 Å². The third-order valence-electron chi connectivity index (χ3n) is 4.72. The summed E-state index contributed by atoms with van der Waals surface area (Å²) in [7, 11) is -3.59. The summed E-state index contributed by atoms with van der Waals surface area (Å²) in [4.78, 5) is 6.74. The van der Waals surface area contributed by atoms with Crippen LogP contribution < -0.4 is 4.90 Å². The normalized spacial score (nSPS) is 15.6. The van der Waals surface area contributed by atoms with Crippen molar-refractivity contribution in [2.75, 3.05) is 31.1 Å². The van der Waals surface area contributed by atoms with Crippen molar-refractivity contribution >= 4 is 26.7 Å². The van der Waals surface area contributed by atoms with Crippen LogP contribution in [0.3, 0.4) is 0 Å². The molecule has 3 aromatic rings. The Bertz CT molecular complexity index is 1080. The Balaban J connectivity index is 1.39. The number of halogens is 1. The number of hydrogen-bond donors (Lipinski definition) is 1. The van der Waals surface area contributed by atoms with Crippen molar-refractivity contribution in [3.63, 3.8) is 0 Å². The smallest absolute Gasteiger partial charge is 0.243 e. The highest BCUT2D eigenvalue weighted by molar-refractivity contribution is 7.89. The largest absolute Gasteiger partial charge is 0.508 e. The molecule has 1 fully saturated rings. The number of phenolic OH excluding ortho intramolecular Hbond substituents is 1. The van der Waals surface area contributed by atoms with Crippen molar-refractivity contribution in [3.05, 3.63) is 65.7 Å². The number of hydrogen-bond acceptors (Lipinski definition) is 7. The van der Waals surface area contributed by atoms with E-state index in [1.807, 2.05) is 4.90 Å². The standard InChI is InChI=1S/C19H19FN4O3S2/c20-15-3-1-14(2-4-15)13-18-21-19(28-22-18)23-9-11-24(12-10-23)29(26,27)17-7-5-16(25)6-8-17/h1-8,25H,9-13H2. The Morgan fingerprint density at radius 3 is 2.31 bits per heavy atom. The van der Waals surface area contributed by atoms with Gasteiger partial charge in [0.25, 0.3) is 0 Å². The van der Waals surface area contributed by atoms with Crippen molar-refractivity contribution in [1.29, 1.82) is 0 Å². The van der Waals surface area contributed by atoms with Crippen LogP contribution in [0, 0.1) is 5.82 Å². The van der Waals surface area contributed by atoms with Gasteiger partial charge >= 0.3 is 0 Å². The van der Waals surface area contributed by atoms with Crippen LogP contribution in [0.4, 0.5) is 9.52 Å². The second-order valence-electron chi connectivity index (χ2n) is 6.68. The molecule has 1 saturated heterocycles. The minimum atomic E-state index is -3.59. The molecule has 0 aliphatic carbocycles. The Morgan fingerprint density at radius 2 is 1.66 bits per heavy atom. The number of aromatic nitrogens is 2. The van der Waals surface area contributed by atoms with Crippen LogP contribution in [0.15, 0.2) is 53.4 Å². The number of aromatic hydroxyl groups is 1. The predicted molar refractivity (Wildman–Crippen MR) is 108 cm³/mol. The number of rotatable bonds is 5. The molecule has 1 aliphatic rings. The van der Waals surface area contributed by atoms with Gasteiger partial charge in [-0.25, -0.2) is 17.8 Å². The van der Waals surface area contributed by atoms with Gasteiger partial charge in [0, 0.05) is 44.1 Å². The zero-order valence-corrected chi connectivity index (χ0v) is 17.0. The molecule has 2 aromatic carbocycles. The molecule has 152 valence electrons. The molecule has 0 bridgehead atoms. The van der Waals surface area contributed by atoms with Gasteiger partial charge in [-0.1, -0.05) is 12.1 Å². The van der Waals surface area contributed by atoms with Gasteiger partial charge in [-0.3, -0.25) is 0 Å². The predicted octanol–water partition coefficient (Wildman–Crippen LogP) is 2.48. The van der Waals surface area contributed by atoms with Crippen LogP contribution in [-0.2, 0) is 16.4 Å². The molecular weight excluding hydrogens is 415 g/mol. The zero-order chi connectivity index (χ0) is 20.4. The molecule has 1 N–H and O–H groups in total. The van der Waals surface area contributed by atoms with Crippen LogP contribution in [-0.4, -0.2) is 53.4 Å². The highest BCUT2D eigenvalue weighted by atomic mass is 32.2. The maximum atomic E-state index is 13.0. The zero-order valence-electron chi connectivity index (χ0n) is 15.4. The van der Waals surface area contributed by atoms with E-state index in [1.54, 1.807) is 12.1 Å². The molecule has 4 rings (SSSR count). The molecule has 0 amide bonds. The van der Waals surface area contributed by atoms with E-state index in [1.165, 1.54) is 52.2 Å². The Labute approximate surface area is 172 Å². The van der Waals surface area contributed by atoms with E-state index in [2.05, 4.69) is 9.36 Å². The van der Waals surface area contributed by atoms with E-state index < -0.39 is 10.0 Å². The molecule has 1 aromatic heterocycles. The first-order valence-corrected chi connectivity index (χ1v) is 11.2. The monoisotopic (exact) mass is 434 g/mol. The highest BCUT2D eigenvalue weighted by Crippen LogP contribution is 2.24. The second kappa shape index (κ2) is 8.05. The third kappa shape index (κ3) is 4.39. The number of benzene rings is 2. The SMILES string of the molecule is O=S(=O)(c1ccc(O)cc1)N1CCN(c2nc(Cc3ccc(F)cc3)ns2)CC1. The number of phenols is 1. The summed E-state index contributed by atoms with van der Waals surface area (Å²) in [6.45, 7) is 1.72. The second-order valence-corrected chi connectivity index (χ2v) is 9.35. The highest BCUT2D eigenvalue weighted by Gasteiger charge is 2.29. The molecule has 0 spiro atoms. The van der Waals surface area contributed by atoms with Gasteiger partial charge in [0.2, 0.25) is 15.2 Å². The Hall–Kier alpha value is -2.56. The minimum absolute atomic E-state index is 0.0291. The van der Waals surface area contributed by atoms with E-state index in [0.717, 1.165) is 10.7 Å². The number of nitrogens with zero attached hydrogens (tertiary/aromatic N) is 4. The van der Waals surface area contributed by atoms with Crippen LogP contribution in [0.25, 0.3) is 0 Å². The lowest BCUT2D eigenvalue weighted by molar-refractivity contribution is 0.384. The summed E-state index contributed by atoms with van der Waals surface area (Å²) in [6, 6.07) is 11.8. The minimum Gasteiger partial charge on any atom is -0.508 e. The first-order valence-electron chi connectivity index (χ1n) is 9.03. The first kappa shape index (κ1) is 19.7. The van der Waals surface area contributed by atoms with Crippen molar-refractivity contribution in [2.45, 2.75) is 11.3 Å². The maximum Gasteiger partial charge on any atom is 0.243 e. The molecule has 29 heavy (non-hydrogen) atoms. The summed E-state index contributed by atoms with van der Waals surface area (Å²) >= 11 is 1.28. The summed E-state index contributed by atoms with van der Waals surface area (Å²) in [5.74, 6) is 0.415. The van der Waals surface area contributed by atoms with E-state index >= 15 is 0 Å². The number of piperazine rings is 1. The van der Waals surface area contributed by atoms with E-state index in [4.69, 9.17) is 0 Å². The summed E-state index contributed by atoms with van der Waals surface area (Å²) in [5, 5.41) is 10.1. The molecule has 0 unspecified atom stereocenters. The molecule has 1 aliphatic heterocycles. The maximum absolute atomic E-state index is 13.0. The molecule has 10 heteroatoms. The number of anilines is 1. The molecule has 0 radical (unpaired) electrons. The average molecular weight is 435 g/mol. The van der Waals surface area contributed by atoms with Gasteiger partial charge in [0.15, 0.2) is 0 Å². The number of sulfonamides is 1. The molecule has 2 heterocycles. The fourth-order valence-corrected chi connectivity index (χ4v) is 5.28. The van der Waals surface area contributed by atoms with Gasteiger partial charge in [-0.05, 0) is 42.0 Å². The summed E-state index contributed by atoms with van der Waals surface area (Å²) < 4.78 is 44.3. The molecule has 0 saturated carbocycles. The molecular formula is C19H19FN4O3S2. The van der Waals surface area contributed by atoms with Crippen molar-refractivity contribution < 1.29 is 17.9 Å². The lowest BCUT2D eigenvalue weighted by atomic mass is 10.1. The van der Waals surface area contributed by atoms with E-state index in [9.17, 15) is 17.9 Å². The van der Waals surface area contributed by atoms with Crippen molar-refractivity contribution in [1.82, 2.24) is 13.7 Å². The van der Waals surface area contributed by atoms with E-state index in [-0.39, 0.29) is 16.5 Å². The van der Waals surface area contributed by atoms with Crippen LogP contribution in [0.5, 0.6) is 5.75 Å². The van der Waals surface area contributed by atoms with Crippen LogP contribution in [0.1, 0.15) is 11.4 Å². The average Bonchev–Trinajstić information content (AvgIpc) is 3.19. The third-order valence-corrected chi connectivity index (χ3v) is 7.44. The van der Waals surface area contributed by atoms with Gasteiger partial charge in [-0.15, -0.1) is 0 Å². The molecule has 0 atom stereocenters. The van der Waals surface area contributed by atoms with Gasteiger partial charge in [0.05, 0.1) is 4.90 Å². The van der Waals surface area contributed by atoms with Gasteiger partial charge in [-0.2, -0.15) is 8.68 Å². The van der Waals surface area contributed by atoms with E-state index in [0.29, 0.717) is 38.4 Å². The molecule has 7 nitrogen and oxygen atoms in total. The quantitative estimate of drug-likeness (QED) is 0.664. The Kier molecular flexibility index (Phi) is 5.48. The lowest BCUT2D eigenvalue weighted by Gasteiger charge is -2.33. The first-order chi connectivity index (χ1) is 13.9. The van der Waals surface area contributed by atoms with Gasteiger partial charge in [0.1, 0.15) is 17.4 Å². The topological polar surface area (TPSA) is 86.6 Å². The summed E-state index contributed by atoms with van der Waals surface area (Å²) in [6.07, 6.45) is 0.520.